The number of aromatic nitrogens is 2. The Balaban J connectivity index is 2.07. The fourth-order valence-corrected chi connectivity index (χ4v) is 3.04. The zero-order valence-electron chi connectivity index (χ0n) is 11.4. The van der Waals surface area contributed by atoms with Crippen molar-refractivity contribution in [3.05, 3.63) is 67.0 Å². The van der Waals surface area contributed by atoms with Crippen LogP contribution in [0.15, 0.2) is 35.3 Å². The first-order valence-electron chi connectivity index (χ1n) is 6.34. The molecule has 2 aromatic heterocycles. The lowest BCUT2D eigenvalue weighted by molar-refractivity contribution is 0.0702. The van der Waals surface area contributed by atoms with Crippen molar-refractivity contribution >= 4 is 57.6 Å². The van der Waals surface area contributed by atoms with Gasteiger partial charge in [-0.1, -0.05) is 52.7 Å². The van der Waals surface area contributed by atoms with Crippen molar-refractivity contribution in [3.63, 3.8) is 0 Å². The Morgan fingerprint density at radius 3 is 2.57 bits per heavy atom. The van der Waals surface area contributed by atoms with Crippen molar-refractivity contribution in [2.45, 2.75) is 0 Å². The summed E-state index contributed by atoms with van der Waals surface area (Å²) in [6, 6.07) is 7.11. The van der Waals surface area contributed by atoms with E-state index in [0.29, 0.717) is 5.02 Å². The Kier molecular flexibility index (Phi) is 4.21. The van der Waals surface area contributed by atoms with Gasteiger partial charge in [-0.2, -0.15) is 0 Å². The zero-order chi connectivity index (χ0) is 16.6. The van der Waals surface area contributed by atoms with E-state index in [1.807, 2.05) is 12.1 Å². The van der Waals surface area contributed by atoms with Crippen molar-refractivity contribution in [1.29, 1.82) is 0 Å². The number of nitrogens with zero attached hydrogens (tertiary/aromatic N) is 2. The van der Waals surface area contributed by atoms with E-state index < -0.39 is 11.5 Å². The largest absolute Gasteiger partial charge is 0.477 e. The van der Waals surface area contributed by atoms with Crippen molar-refractivity contribution in [1.82, 2.24) is 9.38 Å². The van der Waals surface area contributed by atoms with Gasteiger partial charge in [0, 0.05) is 11.2 Å². The third-order valence-electron chi connectivity index (χ3n) is 3.02. The van der Waals surface area contributed by atoms with Crippen LogP contribution in [0.25, 0.3) is 17.1 Å². The van der Waals surface area contributed by atoms with Gasteiger partial charge in [0.25, 0.3) is 5.56 Å². The number of carbonyl (C=O) groups is 1. The molecular formula is C15H8Cl2N2O3S. The third-order valence-corrected chi connectivity index (χ3v) is 4.59. The predicted molar refractivity (Wildman–Crippen MR) is 91.7 cm³/mol. The molecule has 0 fully saturated rings. The first-order chi connectivity index (χ1) is 11.0. The van der Waals surface area contributed by atoms with Gasteiger partial charge >= 0.3 is 5.97 Å². The van der Waals surface area contributed by atoms with E-state index in [0.717, 1.165) is 21.3 Å². The summed E-state index contributed by atoms with van der Waals surface area (Å²) in [4.78, 5) is 27.7. The summed E-state index contributed by atoms with van der Waals surface area (Å²) in [5, 5.41) is 9.56. The fourth-order valence-electron chi connectivity index (χ4n) is 1.89. The molecular weight excluding hydrogens is 359 g/mol. The minimum atomic E-state index is -1.12. The van der Waals surface area contributed by atoms with Crippen LogP contribution in [0, 0.1) is 0 Å². The molecule has 0 aliphatic rings. The van der Waals surface area contributed by atoms with Crippen LogP contribution in [0.4, 0.5) is 0 Å². The maximum absolute atomic E-state index is 12.2. The molecule has 0 saturated carbocycles. The summed E-state index contributed by atoms with van der Waals surface area (Å²) in [7, 11) is 0. The van der Waals surface area contributed by atoms with E-state index in [2.05, 4.69) is 4.98 Å². The fraction of sp³-hybridized carbons (Fsp3) is 0. The number of rotatable bonds is 3. The number of halogens is 2. The van der Waals surface area contributed by atoms with Crippen molar-refractivity contribution in [3.8, 4) is 0 Å². The summed E-state index contributed by atoms with van der Waals surface area (Å²) in [6.45, 7) is 0. The molecule has 0 radical (unpaired) electrons. The number of hydrogen-bond donors (Lipinski definition) is 1. The van der Waals surface area contributed by atoms with Gasteiger partial charge in [-0.15, -0.1) is 0 Å². The highest BCUT2D eigenvalue weighted by molar-refractivity contribution is 7.18. The second-order valence-electron chi connectivity index (χ2n) is 4.55. The van der Waals surface area contributed by atoms with Crippen molar-refractivity contribution in [2.75, 3.05) is 0 Å². The topological polar surface area (TPSA) is 71.7 Å². The quantitative estimate of drug-likeness (QED) is 0.761. The van der Waals surface area contributed by atoms with Crippen LogP contribution < -0.4 is 5.56 Å². The molecule has 0 aliphatic carbocycles. The van der Waals surface area contributed by atoms with Crippen molar-refractivity contribution < 1.29 is 9.90 Å². The molecule has 3 aromatic rings. The van der Waals surface area contributed by atoms with Crippen LogP contribution in [0.3, 0.4) is 0 Å². The maximum Gasteiger partial charge on any atom is 0.347 e. The van der Waals surface area contributed by atoms with Crippen LogP contribution in [0.2, 0.25) is 10.0 Å². The summed E-state index contributed by atoms with van der Waals surface area (Å²) in [5.41, 5.74) is 0.645. The van der Waals surface area contributed by atoms with Gasteiger partial charge in [-0.25, -0.2) is 9.78 Å². The maximum atomic E-state index is 12.2. The van der Waals surface area contributed by atoms with Crippen LogP contribution in [-0.4, -0.2) is 20.5 Å². The van der Waals surface area contributed by atoms with E-state index in [9.17, 15) is 9.59 Å². The number of carboxylic acids is 1. The van der Waals surface area contributed by atoms with Crippen LogP contribution in [-0.2, 0) is 0 Å². The van der Waals surface area contributed by atoms with Crippen LogP contribution >= 0.6 is 34.5 Å². The Bertz CT molecular complexity index is 990. The van der Waals surface area contributed by atoms with E-state index in [-0.39, 0.29) is 20.6 Å². The molecule has 0 saturated heterocycles. The highest BCUT2D eigenvalue weighted by atomic mass is 35.5. The average Bonchev–Trinajstić information content (AvgIpc) is 2.95. The lowest BCUT2D eigenvalue weighted by Gasteiger charge is -1.99. The molecule has 116 valence electrons. The Hall–Kier alpha value is -2.15. The number of benzene rings is 1. The molecule has 5 nitrogen and oxygen atoms in total. The van der Waals surface area contributed by atoms with Gasteiger partial charge in [-0.05, 0) is 23.8 Å². The lowest BCUT2D eigenvalue weighted by atomic mass is 10.2. The van der Waals surface area contributed by atoms with Gasteiger partial charge in [0.2, 0.25) is 0 Å². The number of thiazole rings is 1. The molecule has 1 aromatic carbocycles. The highest BCUT2D eigenvalue weighted by Gasteiger charge is 2.14. The lowest BCUT2D eigenvalue weighted by Crippen LogP contribution is -2.14. The molecule has 8 heteroatoms. The highest BCUT2D eigenvalue weighted by Crippen LogP contribution is 2.20. The van der Waals surface area contributed by atoms with E-state index in [1.165, 1.54) is 6.20 Å². The molecule has 0 amide bonds. The predicted octanol–water partition coefficient (Wildman–Crippen LogP) is 3.93. The number of hydrogen-bond acceptors (Lipinski definition) is 4. The summed E-state index contributed by atoms with van der Waals surface area (Å²) < 4.78 is 1.14. The molecule has 0 aliphatic heterocycles. The Labute approximate surface area is 144 Å². The second-order valence-corrected chi connectivity index (χ2v) is 6.38. The molecule has 0 atom stereocenters. The minimum Gasteiger partial charge on any atom is -0.477 e. The van der Waals surface area contributed by atoms with E-state index >= 15 is 0 Å². The Morgan fingerprint density at radius 2 is 1.91 bits per heavy atom. The van der Waals surface area contributed by atoms with Crippen molar-refractivity contribution in [2.24, 2.45) is 0 Å². The number of aromatic carboxylic acids is 1. The monoisotopic (exact) mass is 366 g/mol. The second kappa shape index (κ2) is 6.16. The molecule has 1 N–H and O–H groups in total. The van der Waals surface area contributed by atoms with Gasteiger partial charge in [0.15, 0.2) is 4.96 Å². The smallest absolute Gasteiger partial charge is 0.347 e. The standard InChI is InChI=1S/C15H8Cl2N2O3S/c16-9-4-1-8(2-5-9)3-6-10-12(17)13(20)19-7-11(14(21)22)23-15(19)18-10/h1-7H,(H,21,22). The summed E-state index contributed by atoms with van der Waals surface area (Å²) in [5.74, 6) is -1.12. The van der Waals surface area contributed by atoms with E-state index in [1.54, 1.807) is 24.3 Å². The molecule has 2 heterocycles. The van der Waals surface area contributed by atoms with Crippen LogP contribution in [0.5, 0.6) is 0 Å². The zero-order valence-corrected chi connectivity index (χ0v) is 13.7. The first kappa shape index (κ1) is 15.7. The SMILES string of the molecule is O=C(O)c1cn2c(=O)c(Cl)c(C=Cc3ccc(Cl)cc3)nc2s1. The third kappa shape index (κ3) is 3.14. The number of fused-ring (bicyclic) bond motifs is 1. The molecule has 0 bridgehead atoms. The minimum absolute atomic E-state index is 0.0181. The Morgan fingerprint density at radius 1 is 1.22 bits per heavy atom. The van der Waals surface area contributed by atoms with Gasteiger partial charge < -0.3 is 5.11 Å². The first-order valence-corrected chi connectivity index (χ1v) is 7.91. The normalized spacial score (nSPS) is 11.4. The summed E-state index contributed by atoms with van der Waals surface area (Å²) >= 11 is 12.8. The van der Waals surface area contributed by atoms with Gasteiger partial charge in [-0.3, -0.25) is 9.20 Å². The van der Waals surface area contributed by atoms with Gasteiger partial charge in [0.1, 0.15) is 9.90 Å². The molecule has 0 unspecified atom stereocenters. The van der Waals surface area contributed by atoms with Crippen LogP contribution in [0.1, 0.15) is 20.9 Å². The average molecular weight is 367 g/mol. The molecule has 23 heavy (non-hydrogen) atoms. The number of carboxylic acid groups (broad SMARTS) is 1. The summed E-state index contributed by atoms with van der Waals surface area (Å²) in [6.07, 6.45) is 4.57. The van der Waals surface area contributed by atoms with Gasteiger partial charge in [0.05, 0.1) is 5.69 Å². The molecule has 3 rings (SSSR count). The van der Waals surface area contributed by atoms with E-state index in [4.69, 9.17) is 28.3 Å². The molecule has 0 spiro atoms.